The van der Waals surface area contributed by atoms with E-state index in [9.17, 15) is 0 Å². The van der Waals surface area contributed by atoms with E-state index >= 15 is 0 Å². The fraction of sp³-hybridized carbons (Fsp3) is 0.500. The Labute approximate surface area is 105 Å². The lowest BCUT2D eigenvalue weighted by Crippen LogP contribution is -2.30. The van der Waals surface area contributed by atoms with Crippen molar-refractivity contribution in [3.8, 4) is 0 Å². The van der Waals surface area contributed by atoms with Gasteiger partial charge in [-0.3, -0.25) is 0 Å². The van der Waals surface area contributed by atoms with Gasteiger partial charge < -0.3 is 15.4 Å². The summed E-state index contributed by atoms with van der Waals surface area (Å²) < 4.78 is 10.4. The van der Waals surface area contributed by atoms with E-state index in [0.717, 1.165) is 37.3 Å². The highest BCUT2D eigenvalue weighted by Crippen LogP contribution is 2.29. The summed E-state index contributed by atoms with van der Waals surface area (Å²) >= 11 is 0. The van der Waals surface area contributed by atoms with E-state index in [1.54, 1.807) is 0 Å². The van der Waals surface area contributed by atoms with Crippen molar-refractivity contribution in [3.05, 3.63) is 12.1 Å². The second-order valence-electron chi connectivity index (χ2n) is 4.62. The number of nitrogen functional groups attached to an aromatic ring is 1. The molecular formula is C12H16N4O2. The van der Waals surface area contributed by atoms with E-state index in [1.165, 1.54) is 0 Å². The van der Waals surface area contributed by atoms with Crippen LogP contribution in [-0.2, 0) is 4.74 Å². The molecule has 1 aliphatic rings. The number of fused-ring (bicyclic) bond motifs is 1. The quantitative estimate of drug-likeness (QED) is 0.769. The molecule has 18 heavy (non-hydrogen) atoms. The monoisotopic (exact) mass is 248 g/mol. The fourth-order valence-corrected chi connectivity index (χ4v) is 2.34. The molecule has 0 bridgehead atoms. The van der Waals surface area contributed by atoms with Crippen molar-refractivity contribution < 1.29 is 9.37 Å². The Balaban J connectivity index is 2.02. The van der Waals surface area contributed by atoms with Crippen molar-refractivity contribution in [2.45, 2.75) is 19.4 Å². The summed E-state index contributed by atoms with van der Waals surface area (Å²) in [6.07, 6.45) is 1.21. The van der Waals surface area contributed by atoms with E-state index in [4.69, 9.17) is 15.1 Å². The summed E-state index contributed by atoms with van der Waals surface area (Å²) in [5.41, 5.74) is 8.81. The highest BCUT2D eigenvalue weighted by atomic mass is 16.6. The van der Waals surface area contributed by atoms with Crippen LogP contribution in [0.25, 0.3) is 11.0 Å². The molecule has 0 saturated carbocycles. The lowest BCUT2D eigenvalue weighted by Gasteiger charge is -2.24. The zero-order valence-electron chi connectivity index (χ0n) is 10.3. The summed E-state index contributed by atoms with van der Waals surface area (Å²) in [4.78, 5) is 2.25. The minimum absolute atomic E-state index is 0.208. The van der Waals surface area contributed by atoms with Gasteiger partial charge in [0, 0.05) is 19.7 Å². The number of hydrogen-bond acceptors (Lipinski definition) is 6. The van der Waals surface area contributed by atoms with Gasteiger partial charge in [0.05, 0.1) is 17.5 Å². The lowest BCUT2D eigenvalue weighted by molar-refractivity contribution is 0.0821. The van der Waals surface area contributed by atoms with Gasteiger partial charge in [-0.25, -0.2) is 4.63 Å². The fourth-order valence-electron chi connectivity index (χ4n) is 2.34. The van der Waals surface area contributed by atoms with Gasteiger partial charge in [0.1, 0.15) is 0 Å². The molecule has 6 heteroatoms. The molecule has 1 aliphatic heterocycles. The number of ether oxygens (including phenoxy) is 1. The Kier molecular flexibility index (Phi) is 2.79. The van der Waals surface area contributed by atoms with E-state index in [-0.39, 0.29) is 6.10 Å². The van der Waals surface area contributed by atoms with Gasteiger partial charge in [-0.15, -0.1) is 0 Å². The molecule has 3 rings (SSSR count). The normalized spacial score (nSPS) is 21.2. The molecule has 0 radical (unpaired) electrons. The first kappa shape index (κ1) is 11.3. The number of anilines is 2. The van der Waals surface area contributed by atoms with E-state index in [2.05, 4.69) is 22.1 Å². The summed E-state index contributed by atoms with van der Waals surface area (Å²) in [6, 6.07) is 3.82. The molecule has 1 aromatic carbocycles. The van der Waals surface area contributed by atoms with Crippen LogP contribution in [0.2, 0.25) is 0 Å². The van der Waals surface area contributed by atoms with Crippen molar-refractivity contribution in [2.75, 3.05) is 30.3 Å². The maximum Gasteiger partial charge on any atom is 0.160 e. The van der Waals surface area contributed by atoms with Gasteiger partial charge in [0.2, 0.25) is 0 Å². The van der Waals surface area contributed by atoms with E-state index in [0.29, 0.717) is 11.2 Å². The molecule has 0 spiro atoms. The number of nitrogens with zero attached hydrogens (tertiary/aromatic N) is 3. The van der Waals surface area contributed by atoms with Gasteiger partial charge in [0.25, 0.3) is 0 Å². The van der Waals surface area contributed by atoms with Crippen LogP contribution in [0.4, 0.5) is 11.4 Å². The molecule has 0 aliphatic carbocycles. The van der Waals surface area contributed by atoms with Crippen LogP contribution >= 0.6 is 0 Å². The summed E-state index contributed by atoms with van der Waals surface area (Å²) in [5, 5.41) is 7.81. The highest BCUT2D eigenvalue weighted by Gasteiger charge is 2.20. The van der Waals surface area contributed by atoms with Crippen molar-refractivity contribution in [1.82, 2.24) is 10.3 Å². The third kappa shape index (κ3) is 1.88. The van der Waals surface area contributed by atoms with E-state index in [1.807, 2.05) is 12.1 Å². The molecule has 2 aromatic rings. The summed E-state index contributed by atoms with van der Waals surface area (Å²) in [5.74, 6) is 0. The zero-order valence-corrected chi connectivity index (χ0v) is 10.3. The lowest BCUT2D eigenvalue weighted by atomic mass is 10.2. The highest BCUT2D eigenvalue weighted by molar-refractivity contribution is 5.95. The van der Waals surface area contributed by atoms with Gasteiger partial charge in [-0.05, 0) is 35.8 Å². The molecule has 2 heterocycles. The van der Waals surface area contributed by atoms with Crippen molar-refractivity contribution in [2.24, 2.45) is 0 Å². The second kappa shape index (κ2) is 4.45. The largest absolute Gasteiger partial charge is 0.397 e. The third-order valence-corrected chi connectivity index (χ3v) is 3.22. The Bertz CT molecular complexity index is 554. The van der Waals surface area contributed by atoms with Gasteiger partial charge in [-0.1, -0.05) is 0 Å². The van der Waals surface area contributed by atoms with Gasteiger partial charge >= 0.3 is 0 Å². The number of benzene rings is 1. The average Bonchev–Trinajstić information content (AvgIpc) is 2.75. The van der Waals surface area contributed by atoms with Crippen LogP contribution in [-0.4, -0.2) is 36.1 Å². The van der Waals surface area contributed by atoms with E-state index < -0.39 is 0 Å². The molecule has 1 saturated heterocycles. The Morgan fingerprint density at radius 1 is 1.33 bits per heavy atom. The maximum absolute atomic E-state index is 5.85. The summed E-state index contributed by atoms with van der Waals surface area (Å²) in [6.45, 7) is 4.66. The second-order valence-corrected chi connectivity index (χ2v) is 4.62. The molecule has 1 unspecified atom stereocenters. The molecule has 2 N–H and O–H groups in total. The smallest absolute Gasteiger partial charge is 0.160 e. The molecular weight excluding hydrogens is 232 g/mol. The SMILES string of the molecule is CC1CN(c2ccc(N)c3nonc23)CCCO1. The number of nitrogens with two attached hydrogens (primary N) is 1. The van der Waals surface area contributed by atoms with Crippen LogP contribution in [0.5, 0.6) is 0 Å². The first-order chi connectivity index (χ1) is 8.75. The molecule has 6 nitrogen and oxygen atoms in total. The number of hydrogen-bond donors (Lipinski definition) is 1. The van der Waals surface area contributed by atoms with Crippen LogP contribution in [0.3, 0.4) is 0 Å². The standard InChI is InChI=1S/C12H16N4O2/c1-8-7-16(5-2-6-17-8)10-4-3-9(13)11-12(10)15-18-14-11/h3-4,8H,2,5-7,13H2,1H3. The third-order valence-electron chi connectivity index (χ3n) is 3.22. The van der Waals surface area contributed by atoms with Crippen LogP contribution in [0.15, 0.2) is 16.8 Å². The Morgan fingerprint density at radius 3 is 3.06 bits per heavy atom. The first-order valence-electron chi connectivity index (χ1n) is 6.13. The van der Waals surface area contributed by atoms with Crippen molar-refractivity contribution in [1.29, 1.82) is 0 Å². The average molecular weight is 248 g/mol. The topological polar surface area (TPSA) is 77.4 Å². The molecule has 1 atom stereocenters. The predicted molar refractivity (Wildman–Crippen MR) is 68.5 cm³/mol. The van der Waals surface area contributed by atoms with Gasteiger partial charge in [0.15, 0.2) is 11.0 Å². The Hall–Kier alpha value is -1.82. The molecule has 96 valence electrons. The van der Waals surface area contributed by atoms with Crippen molar-refractivity contribution >= 4 is 22.4 Å². The predicted octanol–water partition coefficient (Wildman–Crippen LogP) is 1.42. The zero-order chi connectivity index (χ0) is 12.5. The van der Waals surface area contributed by atoms with Crippen molar-refractivity contribution in [3.63, 3.8) is 0 Å². The maximum atomic E-state index is 5.85. The Morgan fingerprint density at radius 2 is 2.17 bits per heavy atom. The number of rotatable bonds is 1. The minimum Gasteiger partial charge on any atom is -0.397 e. The molecule has 1 aromatic heterocycles. The minimum atomic E-state index is 0.208. The number of aromatic nitrogens is 2. The molecule has 1 fully saturated rings. The van der Waals surface area contributed by atoms with Crippen LogP contribution in [0, 0.1) is 0 Å². The first-order valence-corrected chi connectivity index (χ1v) is 6.13. The van der Waals surface area contributed by atoms with Crippen LogP contribution < -0.4 is 10.6 Å². The summed E-state index contributed by atoms with van der Waals surface area (Å²) in [7, 11) is 0. The van der Waals surface area contributed by atoms with Crippen LogP contribution in [0.1, 0.15) is 13.3 Å². The van der Waals surface area contributed by atoms with Gasteiger partial charge in [-0.2, -0.15) is 0 Å². The molecule has 0 amide bonds.